The van der Waals surface area contributed by atoms with E-state index in [2.05, 4.69) is 25.5 Å². The fourth-order valence-corrected chi connectivity index (χ4v) is 4.02. The van der Waals surface area contributed by atoms with Gasteiger partial charge >= 0.3 is 0 Å². The molecule has 2 atom stereocenters. The summed E-state index contributed by atoms with van der Waals surface area (Å²) >= 11 is 0. The van der Waals surface area contributed by atoms with Crippen LogP contribution in [-0.2, 0) is 9.59 Å². The van der Waals surface area contributed by atoms with Crippen molar-refractivity contribution in [2.75, 3.05) is 18.4 Å². The van der Waals surface area contributed by atoms with Crippen molar-refractivity contribution < 1.29 is 14.0 Å². The number of nitrogens with one attached hydrogen (secondary N) is 1. The van der Waals surface area contributed by atoms with Crippen LogP contribution < -0.4 is 5.32 Å². The summed E-state index contributed by atoms with van der Waals surface area (Å²) in [5, 5.41) is 11.1. The summed E-state index contributed by atoms with van der Waals surface area (Å²) in [5.41, 5.74) is 2.91. The third-order valence-electron chi connectivity index (χ3n) is 5.59. The Morgan fingerprint density at radius 3 is 2.90 bits per heavy atom. The predicted molar refractivity (Wildman–Crippen MR) is 106 cm³/mol. The second kappa shape index (κ2) is 7.33. The molecular formula is C21H20N6O3. The number of amides is 2. The number of nitrogens with zero attached hydrogens (tertiary/aromatic N) is 5. The number of benzene rings is 1. The summed E-state index contributed by atoms with van der Waals surface area (Å²) in [7, 11) is 0. The third-order valence-corrected chi connectivity index (χ3v) is 5.59. The standard InChI is InChI=1S/C21H20N6O3/c1-12-9-23-17(10-22-12)20-26-25-19(30-20)13-6-7-27(11-13)21(29)15-8-18(28)24-16-5-3-2-4-14(15)16/h2-5,9-10,13,15H,6-8,11H2,1H3,(H,24,28)/t13-,15-/m1/s1. The van der Waals surface area contributed by atoms with Crippen LogP contribution in [0.2, 0.25) is 0 Å². The van der Waals surface area contributed by atoms with Crippen LogP contribution in [0.3, 0.4) is 0 Å². The molecule has 4 heterocycles. The molecule has 1 N–H and O–H groups in total. The van der Waals surface area contributed by atoms with Crippen LogP contribution in [0.5, 0.6) is 0 Å². The molecule has 9 heteroatoms. The predicted octanol–water partition coefficient (Wildman–Crippen LogP) is 2.28. The molecule has 3 aromatic rings. The zero-order valence-corrected chi connectivity index (χ0v) is 16.4. The molecule has 0 spiro atoms. The summed E-state index contributed by atoms with van der Waals surface area (Å²) in [5.74, 6) is 0.133. The van der Waals surface area contributed by atoms with Gasteiger partial charge in [-0.3, -0.25) is 14.6 Å². The number of carbonyl (C=O) groups is 2. The lowest BCUT2D eigenvalue weighted by Gasteiger charge is -2.28. The maximum absolute atomic E-state index is 13.2. The van der Waals surface area contributed by atoms with Gasteiger partial charge in [-0.25, -0.2) is 4.98 Å². The van der Waals surface area contributed by atoms with Crippen LogP contribution in [0.25, 0.3) is 11.6 Å². The van der Waals surface area contributed by atoms with E-state index in [4.69, 9.17) is 4.42 Å². The molecule has 2 aliphatic heterocycles. The number of rotatable bonds is 3. The van der Waals surface area contributed by atoms with Crippen LogP contribution in [0.15, 0.2) is 41.1 Å². The number of hydrogen-bond donors (Lipinski definition) is 1. The molecule has 2 aliphatic rings. The first-order valence-electron chi connectivity index (χ1n) is 9.88. The molecule has 5 rings (SSSR count). The summed E-state index contributed by atoms with van der Waals surface area (Å²) in [6.07, 6.45) is 4.14. The van der Waals surface area contributed by atoms with E-state index in [9.17, 15) is 9.59 Å². The lowest BCUT2D eigenvalue weighted by Crippen LogP contribution is -2.37. The SMILES string of the molecule is Cc1cnc(-c2nnc([C@@H]3CCN(C(=O)[C@@H]4CC(=O)Nc5ccccc54)C3)o2)cn1. The number of aryl methyl sites for hydroxylation is 1. The maximum Gasteiger partial charge on any atom is 0.267 e. The van der Waals surface area contributed by atoms with Gasteiger partial charge in [0.1, 0.15) is 5.69 Å². The summed E-state index contributed by atoms with van der Waals surface area (Å²) < 4.78 is 5.81. The van der Waals surface area contributed by atoms with Gasteiger partial charge in [0.25, 0.3) is 5.89 Å². The van der Waals surface area contributed by atoms with E-state index in [1.165, 1.54) is 0 Å². The average Bonchev–Trinajstić information content (AvgIpc) is 3.43. The van der Waals surface area contributed by atoms with E-state index in [1.807, 2.05) is 31.2 Å². The number of fused-ring (bicyclic) bond motifs is 1. The molecule has 0 aliphatic carbocycles. The van der Waals surface area contributed by atoms with Crippen molar-refractivity contribution >= 4 is 17.5 Å². The molecule has 1 fully saturated rings. The van der Waals surface area contributed by atoms with Gasteiger partial charge in [-0.15, -0.1) is 10.2 Å². The lowest BCUT2D eigenvalue weighted by molar-refractivity contribution is -0.134. The Morgan fingerprint density at radius 2 is 2.07 bits per heavy atom. The first-order chi connectivity index (χ1) is 14.6. The lowest BCUT2D eigenvalue weighted by atomic mass is 9.89. The molecule has 0 bridgehead atoms. The molecule has 0 radical (unpaired) electrons. The van der Waals surface area contributed by atoms with Crippen molar-refractivity contribution in [1.29, 1.82) is 0 Å². The fraction of sp³-hybridized carbons (Fsp3) is 0.333. The first kappa shape index (κ1) is 18.4. The van der Waals surface area contributed by atoms with Crippen molar-refractivity contribution in [3.63, 3.8) is 0 Å². The number of para-hydroxylation sites is 1. The Kier molecular flexibility index (Phi) is 4.50. The highest BCUT2D eigenvalue weighted by atomic mass is 16.4. The third kappa shape index (κ3) is 3.32. The van der Waals surface area contributed by atoms with E-state index in [0.717, 1.165) is 17.7 Å². The average molecular weight is 404 g/mol. The molecule has 30 heavy (non-hydrogen) atoms. The highest BCUT2D eigenvalue weighted by Crippen LogP contribution is 2.36. The van der Waals surface area contributed by atoms with E-state index in [-0.39, 0.29) is 24.2 Å². The minimum Gasteiger partial charge on any atom is -0.419 e. The molecule has 152 valence electrons. The summed E-state index contributed by atoms with van der Waals surface area (Å²) in [4.78, 5) is 35.5. The minimum atomic E-state index is -0.463. The van der Waals surface area contributed by atoms with E-state index >= 15 is 0 Å². The van der Waals surface area contributed by atoms with Crippen LogP contribution in [0.4, 0.5) is 5.69 Å². The number of likely N-dealkylation sites (tertiary alicyclic amines) is 1. The molecule has 9 nitrogen and oxygen atoms in total. The fourth-order valence-electron chi connectivity index (χ4n) is 4.02. The maximum atomic E-state index is 13.2. The second-order valence-electron chi connectivity index (χ2n) is 7.65. The smallest absolute Gasteiger partial charge is 0.267 e. The van der Waals surface area contributed by atoms with Crippen LogP contribution in [-0.4, -0.2) is 50.0 Å². The van der Waals surface area contributed by atoms with Gasteiger partial charge in [0.15, 0.2) is 0 Å². The highest BCUT2D eigenvalue weighted by Gasteiger charge is 2.37. The molecule has 0 unspecified atom stereocenters. The van der Waals surface area contributed by atoms with Crippen LogP contribution in [0, 0.1) is 6.92 Å². The second-order valence-corrected chi connectivity index (χ2v) is 7.65. The van der Waals surface area contributed by atoms with Crippen molar-refractivity contribution in [2.24, 2.45) is 0 Å². The van der Waals surface area contributed by atoms with Crippen molar-refractivity contribution in [3.05, 3.63) is 53.8 Å². The van der Waals surface area contributed by atoms with Crippen molar-refractivity contribution in [2.45, 2.75) is 31.6 Å². The Balaban J connectivity index is 1.31. The highest BCUT2D eigenvalue weighted by molar-refractivity contribution is 6.01. The Bertz CT molecular complexity index is 1110. The number of aromatic nitrogens is 4. The zero-order valence-electron chi connectivity index (χ0n) is 16.4. The first-order valence-corrected chi connectivity index (χ1v) is 9.88. The number of anilines is 1. The molecule has 1 saturated heterocycles. The Labute approximate surface area is 172 Å². The van der Waals surface area contributed by atoms with Gasteiger partial charge in [0, 0.05) is 31.4 Å². The molecule has 1 aromatic carbocycles. The number of carbonyl (C=O) groups excluding carboxylic acids is 2. The van der Waals surface area contributed by atoms with Gasteiger partial charge in [-0.1, -0.05) is 18.2 Å². The van der Waals surface area contributed by atoms with Gasteiger partial charge in [0.2, 0.25) is 17.7 Å². The van der Waals surface area contributed by atoms with Crippen LogP contribution in [0.1, 0.15) is 41.8 Å². The van der Waals surface area contributed by atoms with Gasteiger partial charge < -0.3 is 14.6 Å². The van der Waals surface area contributed by atoms with E-state index < -0.39 is 5.92 Å². The van der Waals surface area contributed by atoms with Crippen LogP contribution >= 0.6 is 0 Å². The van der Waals surface area contributed by atoms with E-state index in [0.29, 0.717) is 36.3 Å². The van der Waals surface area contributed by atoms with Crippen molar-refractivity contribution in [1.82, 2.24) is 25.1 Å². The van der Waals surface area contributed by atoms with Gasteiger partial charge in [-0.2, -0.15) is 0 Å². The quantitative estimate of drug-likeness (QED) is 0.712. The molecule has 0 saturated carbocycles. The summed E-state index contributed by atoms with van der Waals surface area (Å²) in [6, 6.07) is 7.46. The normalized spacial score (nSPS) is 20.7. The largest absolute Gasteiger partial charge is 0.419 e. The van der Waals surface area contributed by atoms with E-state index in [1.54, 1.807) is 17.3 Å². The molecular weight excluding hydrogens is 384 g/mol. The van der Waals surface area contributed by atoms with Gasteiger partial charge in [-0.05, 0) is 25.0 Å². The monoisotopic (exact) mass is 404 g/mol. The van der Waals surface area contributed by atoms with Gasteiger partial charge in [0.05, 0.1) is 23.7 Å². The molecule has 2 amide bonds. The minimum absolute atomic E-state index is 0.0380. The Morgan fingerprint density at radius 1 is 1.20 bits per heavy atom. The molecule has 2 aromatic heterocycles. The van der Waals surface area contributed by atoms with Crippen molar-refractivity contribution in [3.8, 4) is 11.6 Å². The number of hydrogen-bond acceptors (Lipinski definition) is 7. The summed E-state index contributed by atoms with van der Waals surface area (Å²) in [6.45, 7) is 2.93. The topological polar surface area (TPSA) is 114 Å². The zero-order chi connectivity index (χ0) is 20.7. The Hall–Kier alpha value is -3.62.